The highest BCUT2D eigenvalue weighted by molar-refractivity contribution is 9.10. The van der Waals surface area contributed by atoms with Gasteiger partial charge in [0.15, 0.2) is 5.82 Å². The molecule has 2 aromatic heterocycles. The zero-order valence-corrected chi connectivity index (χ0v) is 21.5. The molecule has 0 saturated heterocycles. The molecule has 0 atom stereocenters. The van der Waals surface area contributed by atoms with E-state index in [4.69, 9.17) is 9.97 Å². The van der Waals surface area contributed by atoms with Gasteiger partial charge in [-0.3, -0.25) is 4.98 Å². The van der Waals surface area contributed by atoms with Crippen LogP contribution in [0.2, 0.25) is 0 Å². The molecule has 4 aromatic carbocycles. The normalized spacial score (nSPS) is 10.8. The summed E-state index contributed by atoms with van der Waals surface area (Å²) in [5.41, 5.74) is 9.37. The molecule has 0 aliphatic rings. The zero-order chi connectivity index (χ0) is 25.0. The molecule has 0 radical (unpaired) electrons. The molecule has 6 aromatic rings. The van der Waals surface area contributed by atoms with Crippen molar-refractivity contribution >= 4 is 15.9 Å². The Kier molecular flexibility index (Phi) is 6.40. The van der Waals surface area contributed by atoms with Gasteiger partial charge in [0.1, 0.15) is 0 Å². The molecular formula is C33H22BrN3. The van der Waals surface area contributed by atoms with Gasteiger partial charge in [0.2, 0.25) is 0 Å². The SMILES string of the molecule is Brc1cc(-c2ccncc2)cc(-c2cc(-c3ccc(-c4ccccc4)cc3)nc(-c3ccccc3)n2)c1. The van der Waals surface area contributed by atoms with Gasteiger partial charge in [-0.15, -0.1) is 0 Å². The van der Waals surface area contributed by atoms with Crippen molar-refractivity contribution in [3.05, 3.63) is 138 Å². The van der Waals surface area contributed by atoms with Gasteiger partial charge in [-0.05, 0) is 58.7 Å². The van der Waals surface area contributed by atoms with Crippen molar-refractivity contribution in [2.75, 3.05) is 0 Å². The summed E-state index contributed by atoms with van der Waals surface area (Å²) in [6.45, 7) is 0. The van der Waals surface area contributed by atoms with E-state index in [9.17, 15) is 0 Å². The van der Waals surface area contributed by atoms with Crippen LogP contribution in [-0.2, 0) is 0 Å². The highest BCUT2D eigenvalue weighted by Crippen LogP contribution is 2.33. The number of nitrogens with zero attached hydrogens (tertiary/aromatic N) is 3. The molecule has 3 nitrogen and oxygen atoms in total. The molecule has 37 heavy (non-hydrogen) atoms. The Bertz CT molecular complexity index is 1650. The molecule has 0 spiro atoms. The van der Waals surface area contributed by atoms with E-state index in [1.54, 1.807) is 0 Å². The summed E-state index contributed by atoms with van der Waals surface area (Å²) in [5.74, 6) is 0.700. The smallest absolute Gasteiger partial charge is 0.160 e. The molecule has 176 valence electrons. The maximum atomic E-state index is 5.00. The Hall–Kier alpha value is -4.41. The predicted molar refractivity (Wildman–Crippen MR) is 155 cm³/mol. The summed E-state index contributed by atoms with van der Waals surface area (Å²) in [6.07, 6.45) is 3.62. The molecule has 0 bridgehead atoms. The summed E-state index contributed by atoms with van der Waals surface area (Å²) in [6, 6.07) is 41.6. The van der Waals surface area contributed by atoms with Crippen LogP contribution >= 0.6 is 15.9 Å². The van der Waals surface area contributed by atoms with Crippen LogP contribution in [0, 0.1) is 0 Å². The van der Waals surface area contributed by atoms with Gasteiger partial charge in [0, 0.05) is 33.6 Å². The fraction of sp³-hybridized carbons (Fsp3) is 0. The number of aromatic nitrogens is 3. The summed E-state index contributed by atoms with van der Waals surface area (Å²) < 4.78 is 0.991. The molecule has 0 unspecified atom stereocenters. The number of benzene rings is 4. The van der Waals surface area contributed by atoms with Gasteiger partial charge in [-0.2, -0.15) is 0 Å². The van der Waals surface area contributed by atoms with Crippen molar-refractivity contribution in [2.24, 2.45) is 0 Å². The second kappa shape index (κ2) is 10.3. The van der Waals surface area contributed by atoms with Gasteiger partial charge in [-0.1, -0.05) is 101 Å². The molecule has 0 N–H and O–H groups in total. The standard InChI is InChI=1S/C33H22BrN3/c34-30-20-28(25-15-17-35-18-16-25)19-29(21-30)32-22-31(36-33(37-32)27-9-5-2-6-10-27)26-13-11-24(12-14-26)23-7-3-1-4-8-23/h1-22H. The molecule has 2 heterocycles. The Balaban J connectivity index is 1.47. The number of hydrogen-bond donors (Lipinski definition) is 0. The maximum absolute atomic E-state index is 5.00. The minimum Gasteiger partial charge on any atom is -0.265 e. The van der Waals surface area contributed by atoms with Crippen LogP contribution in [0.3, 0.4) is 0 Å². The third kappa shape index (κ3) is 5.11. The predicted octanol–water partition coefficient (Wildman–Crippen LogP) is 8.97. The zero-order valence-electron chi connectivity index (χ0n) is 19.9. The van der Waals surface area contributed by atoms with Gasteiger partial charge in [0.25, 0.3) is 0 Å². The lowest BCUT2D eigenvalue weighted by molar-refractivity contribution is 1.18. The number of halogens is 1. The summed E-state index contributed by atoms with van der Waals surface area (Å²) >= 11 is 3.71. The molecule has 0 aliphatic heterocycles. The summed E-state index contributed by atoms with van der Waals surface area (Å²) in [7, 11) is 0. The van der Waals surface area contributed by atoms with E-state index in [2.05, 4.69) is 93.7 Å². The van der Waals surface area contributed by atoms with Crippen LogP contribution in [-0.4, -0.2) is 15.0 Å². The minimum absolute atomic E-state index is 0.700. The van der Waals surface area contributed by atoms with E-state index >= 15 is 0 Å². The first-order valence-electron chi connectivity index (χ1n) is 12.0. The van der Waals surface area contributed by atoms with Crippen LogP contribution in [0.5, 0.6) is 0 Å². The molecule has 0 fully saturated rings. The van der Waals surface area contributed by atoms with Crippen molar-refractivity contribution in [2.45, 2.75) is 0 Å². The van der Waals surface area contributed by atoms with Crippen LogP contribution < -0.4 is 0 Å². The third-order valence-corrected chi connectivity index (χ3v) is 6.71. The fourth-order valence-corrected chi connectivity index (χ4v) is 4.87. The third-order valence-electron chi connectivity index (χ3n) is 6.25. The van der Waals surface area contributed by atoms with Gasteiger partial charge in [0.05, 0.1) is 11.4 Å². The maximum Gasteiger partial charge on any atom is 0.160 e. The van der Waals surface area contributed by atoms with E-state index in [-0.39, 0.29) is 0 Å². The Morgan fingerprint density at radius 1 is 0.405 bits per heavy atom. The van der Waals surface area contributed by atoms with E-state index in [0.29, 0.717) is 5.82 Å². The first-order chi connectivity index (χ1) is 18.2. The van der Waals surface area contributed by atoms with Crippen molar-refractivity contribution in [3.63, 3.8) is 0 Å². The highest BCUT2D eigenvalue weighted by Gasteiger charge is 2.12. The van der Waals surface area contributed by atoms with Crippen molar-refractivity contribution in [1.29, 1.82) is 0 Å². The summed E-state index contributed by atoms with van der Waals surface area (Å²) in [4.78, 5) is 14.1. The van der Waals surface area contributed by atoms with Crippen LogP contribution in [0.25, 0.3) is 56.2 Å². The molecule has 0 saturated carbocycles. The lowest BCUT2D eigenvalue weighted by Crippen LogP contribution is -1.96. The fourth-order valence-electron chi connectivity index (χ4n) is 4.37. The first kappa shape index (κ1) is 23.0. The Morgan fingerprint density at radius 3 is 1.59 bits per heavy atom. The molecule has 4 heteroatoms. The Labute approximate surface area is 224 Å². The monoisotopic (exact) mass is 539 g/mol. The number of hydrogen-bond acceptors (Lipinski definition) is 3. The lowest BCUT2D eigenvalue weighted by Gasteiger charge is -2.12. The Morgan fingerprint density at radius 2 is 0.919 bits per heavy atom. The van der Waals surface area contributed by atoms with Crippen LogP contribution in [0.1, 0.15) is 0 Å². The average Bonchev–Trinajstić information content (AvgIpc) is 2.98. The van der Waals surface area contributed by atoms with E-state index in [1.807, 2.05) is 60.9 Å². The van der Waals surface area contributed by atoms with E-state index in [0.717, 1.165) is 43.7 Å². The largest absolute Gasteiger partial charge is 0.265 e. The molecule has 6 rings (SSSR count). The van der Waals surface area contributed by atoms with Crippen molar-refractivity contribution in [3.8, 4) is 56.2 Å². The summed E-state index contributed by atoms with van der Waals surface area (Å²) in [5, 5.41) is 0. The van der Waals surface area contributed by atoms with E-state index < -0.39 is 0 Å². The van der Waals surface area contributed by atoms with Gasteiger partial charge in [-0.25, -0.2) is 9.97 Å². The van der Waals surface area contributed by atoms with Crippen molar-refractivity contribution in [1.82, 2.24) is 15.0 Å². The lowest BCUT2D eigenvalue weighted by atomic mass is 10.00. The van der Waals surface area contributed by atoms with E-state index in [1.165, 1.54) is 11.1 Å². The molecule has 0 amide bonds. The highest BCUT2D eigenvalue weighted by atomic mass is 79.9. The first-order valence-corrected chi connectivity index (χ1v) is 12.8. The van der Waals surface area contributed by atoms with Gasteiger partial charge < -0.3 is 0 Å². The van der Waals surface area contributed by atoms with Gasteiger partial charge >= 0.3 is 0 Å². The second-order valence-corrected chi connectivity index (χ2v) is 9.65. The number of pyridine rings is 1. The van der Waals surface area contributed by atoms with Crippen LogP contribution in [0.15, 0.2) is 138 Å². The quantitative estimate of drug-likeness (QED) is 0.219. The molecular weight excluding hydrogens is 518 g/mol. The second-order valence-electron chi connectivity index (χ2n) is 8.74. The van der Waals surface area contributed by atoms with Crippen LogP contribution in [0.4, 0.5) is 0 Å². The topological polar surface area (TPSA) is 38.7 Å². The molecule has 0 aliphatic carbocycles. The minimum atomic E-state index is 0.700. The average molecular weight is 540 g/mol. The van der Waals surface area contributed by atoms with Crippen molar-refractivity contribution < 1.29 is 0 Å². The number of rotatable bonds is 5.